The average Bonchev–Trinajstić information content (AvgIpc) is 2.55. The van der Waals surface area contributed by atoms with Crippen molar-refractivity contribution in [2.45, 2.75) is 19.4 Å². The summed E-state index contributed by atoms with van der Waals surface area (Å²) in [5.41, 5.74) is 3.79. The molecular formula is C20H23N. The van der Waals surface area contributed by atoms with E-state index in [1.54, 1.807) is 0 Å². The average molecular weight is 277 g/mol. The number of hydrogen-bond donors (Lipinski definition) is 0. The fraction of sp³-hybridized carbons (Fsp3) is 0.200. The van der Waals surface area contributed by atoms with Gasteiger partial charge >= 0.3 is 0 Å². The third kappa shape index (κ3) is 4.64. The third-order valence-corrected chi connectivity index (χ3v) is 3.52. The third-order valence-electron chi connectivity index (χ3n) is 3.52. The molecule has 0 saturated heterocycles. The summed E-state index contributed by atoms with van der Waals surface area (Å²) < 4.78 is 0. The van der Waals surface area contributed by atoms with Crippen molar-refractivity contribution in [3.8, 4) is 0 Å². The molecule has 1 aromatic rings. The fourth-order valence-electron chi connectivity index (χ4n) is 2.43. The largest absolute Gasteiger partial charge is 0.363 e. The van der Waals surface area contributed by atoms with Gasteiger partial charge in [0.25, 0.3) is 0 Å². The van der Waals surface area contributed by atoms with E-state index in [1.165, 1.54) is 16.8 Å². The van der Waals surface area contributed by atoms with E-state index in [0.717, 1.165) is 25.9 Å². The van der Waals surface area contributed by atoms with E-state index in [1.807, 2.05) is 18.2 Å². The lowest BCUT2D eigenvalue weighted by molar-refractivity contribution is 0.376. The van der Waals surface area contributed by atoms with Crippen molar-refractivity contribution in [2.75, 3.05) is 6.54 Å². The molecule has 0 bridgehead atoms. The lowest BCUT2D eigenvalue weighted by atomic mass is 10.1. The molecule has 0 atom stereocenters. The summed E-state index contributed by atoms with van der Waals surface area (Å²) in [6.45, 7) is 9.44. The summed E-state index contributed by atoms with van der Waals surface area (Å²) in [5.74, 6) is 0. The van der Waals surface area contributed by atoms with Crippen LogP contribution in [0, 0.1) is 0 Å². The summed E-state index contributed by atoms with van der Waals surface area (Å²) in [7, 11) is 0. The molecule has 0 saturated carbocycles. The molecule has 1 aliphatic carbocycles. The molecule has 0 aliphatic heterocycles. The quantitative estimate of drug-likeness (QED) is 0.632. The molecule has 1 heteroatoms. The van der Waals surface area contributed by atoms with Crippen LogP contribution in [0.5, 0.6) is 0 Å². The van der Waals surface area contributed by atoms with Crippen LogP contribution in [-0.2, 0) is 6.54 Å². The van der Waals surface area contributed by atoms with Gasteiger partial charge in [-0.25, -0.2) is 0 Å². The topological polar surface area (TPSA) is 3.24 Å². The lowest BCUT2D eigenvalue weighted by Gasteiger charge is -2.28. The highest BCUT2D eigenvalue weighted by molar-refractivity contribution is 5.29. The van der Waals surface area contributed by atoms with Gasteiger partial charge in [-0.2, -0.15) is 0 Å². The highest BCUT2D eigenvalue weighted by Gasteiger charge is 2.10. The summed E-state index contributed by atoms with van der Waals surface area (Å²) >= 11 is 0. The van der Waals surface area contributed by atoms with Gasteiger partial charge in [-0.3, -0.25) is 0 Å². The predicted octanol–water partition coefficient (Wildman–Crippen LogP) is 5.02. The Kier molecular flexibility index (Phi) is 5.83. The second kappa shape index (κ2) is 8.11. The lowest BCUT2D eigenvalue weighted by Crippen LogP contribution is -2.24. The molecule has 0 aromatic heterocycles. The van der Waals surface area contributed by atoms with E-state index in [-0.39, 0.29) is 0 Å². The van der Waals surface area contributed by atoms with Crippen LogP contribution in [0.2, 0.25) is 0 Å². The van der Waals surface area contributed by atoms with Crippen molar-refractivity contribution in [3.63, 3.8) is 0 Å². The number of nitrogens with zero attached hydrogens (tertiary/aromatic N) is 1. The van der Waals surface area contributed by atoms with Crippen LogP contribution < -0.4 is 0 Å². The van der Waals surface area contributed by atoms with Crippen LogP contribution in [0.15, 0.2) is 91.2 Å². The van der Waals surface area contributed by atoms with E-state index >= 15 is 0 Å². The molecule has 21 heavy (non-hydrogen) atoms. The Balaban J connectivity index is 2.19. The maximum atomic E-state index is 3.90. The van der Waals surface area contributed by atoms with E-state index in [2.05, 4.69) is 66.6 Å². The van der Waals surface area contributed by atoms with Crippen molar-refractivity contribution >= 4 is 0 Å². The molecule has 1 nitrogen and oxygen atoms in total. The molecule has 2 rings (SSSR count). The summed E-state index contributed by atoms with van der Waals surface area (Å²) in [4.78, 5) is 2.39. The van der Waals surface area contributed by atoms with E-state index in [0.29, 0.717) is 0 Å². The monoisotopic (exact) mass is 277 g/mol. The van der Waals surface area contributed by atoms with E-state index in [4.69, 9.17) is 0 Å². The molecule has 1 aromatic carbocycles. The van der Waals surface area contributed by atoms with Crippen LogP contribution in [-0.4, -0.2) is 11.4 Å². The van der Waals surface area contributed by atoms with Gasteiger partial charge in [0, 0.05) is 18.8 Å². The Labute approximate surface area is 128 Å². The molecule has 0 N–H and O–H groups in total. The van der Waals surface area contributed by atoms with E-state index in [9.17, 15) is 0 Å². The van der Waals surface area contributed by atoms with E-state index < -0.39 is 0 Å². The van der Waals surface area contributed by atoms with Gasteiger partial charge in [0.1, 0.15) is 0 Å². The van der Waals surface area contributed by atoms with Gasteiger partial charge < -0.3 is 4.90 Å². The van der Waals surface area contributed by atoms with Crippen molar-refractivity contribution in [3.05, 3.63) is 96.8 Å². The van der Waals surface area contributed by atoms with Gasteiger partial charge in [-0.1, -0.05) is 73.9 Å². The number of allylic oxidation sites excluding steroid dienone is 5. The second-order valence-corrected chi connectivity index (χ2v) is 5.13. The highest BCUT2D eigenvalue weighted by atomic mass is 15.1. The molecule has 0 heterocycles. The number of benzene rings is 1. The summed E-state index contributed by atoms with van der Waals surface area (Å²) in [6, 6.07) is 10.6. The maximum absolute atomic E-state index is 3.90. The standard InChI is InChI=1S/C20H23N/c1-3-11-18(4-2)16-21(20-14-9-6-10-15-20)17-19-12-7-5-8-13-19/h3-5,7-9,11-15H,1-2,6,10,16-17H2/b18-11+. The molecular weight excluding hydrogens is 254 g/mol. The molecule has 0 radical (unpaired) electrons. The molecule has 108 valence electrons. The summed E-state index contributed by atoms with van der Waals surface area (Å²) in [5, 5.41) is 0. The minimum Gasteiger partial charge on any atom is -0.363 e. The van der Waals surface area contributed by atoms with Crippen molar-refractivity contribution < 1.29 is 0 Å². The Morgan fingerprint density at radius 2 is 1.95 bits per heavy atom. The SMILES string of the molecule is C=C/C=C(\C=C)CN(Cc1ccccc1)C1=CCCC=C1. The van der Waals surface area contributed by atoms with Gasteiger partial charge in [0.15, 0.2) is 0 Å². The van der Waals surface area contributed by atoms with Gasteiger partial charge in [-0.15, -0.1) is 0 Å². The molecule has 0 fully saturated rings. The first-order chi connectivity index (χ1) is 10.3. The van der Waals surface area contributed by atoms with Crippen LogP contribution in [0.25, 0.3) is 0 Å². The molecule has 0 spiro atoms. The number of hydrogen-bond acceptors (Lipinski definition) is 1. The Morgan fingerprint density at radius 3 is 2.57 bits per heavy atom. The first-order valence-electron chi connectivity index (χ1n) is 7.43. The zero-order valence-corrected chi connectivity index (χ0v) is 12.5. The normalized spacial score (nSPS) is 14.5. The second-order valence-electron chi connectivity index (χ2n) is 5.13. The predicted molar refractivity (Wildman–Crippen MR) is 91.8 cm³/mol. The van der Waals surface area contributed by atoms with Crippen molar-refractivity contribution in [1.29, 1.82) is 0 Å². The highest BCUT2D eigenvalue weighted by Crippen LogP contribution is 2.19. The van der Waals surface area contributed by atoms with Gasteiger partial charge in [-0.05, 0) is 30.1 Å². The van der Waals surface area contributed by atoms with Crippen molar-refractivity contribution in [1.82, 2.24) is 4.90 Å². The Morgan fingerprint density at radius 1 is 1.14 bits per heavy atom. The first-order valence-corrected chi connectivity index (χ1v) is 7.43. The van der Waals surface area contributed by atoms with Crippen LogP contribution in [0.4, 0.5) is 0 Å². The number of rotatable bonds is 7. The zero-order chi connectivity index (χ0) is 14.9. The van der Waals surface area contributed by atoms with Crippen molar-refractivity contribution in [2.24, 2.45) is 0 Å². The van der Waals surface area contributed by atoms with Gasteiger partial charge in [0.05, 0.1) is 0 Å². The molecule has 0 amide bonds. The van der Waals surface area contributed by atoms with Crippen LogP contribution in [0.3, 0.4) is 0 Å². The summed E-state index contributed by atoms with van der Waals surface area (Å²) in [6.07, 6.45) is 14.8. The first kappa shape index (κ1) is 15.1. The molecule has 1 aliphatic rings. The minimum atomic E-state index is 0.848. The van der Waals surface area contributed by atoms with Crippen LogP contribution in [0.1, 0.15) is 18.4 Å². The smallest absolute Gasteiger partial charge is 0.0433 e. The van der Waals surface area contributed by atoms with Gasteiger partial charge in [0.2, 0.25) is 0 Å². The maximum Gasteiger partial charge on any atom is 0.0433 e. The van der Waals surface area contributed by atoms with Crippen LogP contribution >= 0.6 is 0 Å². The minimum absolute atomic E-state index is 0.848. The zero-order valence-electron chi connectivity index (χ0n) is 12.5. The fourth-order valence-corrected chi connectivity index (χ4v) is 2.43. The Bertz CT molecular complexity index is 561. The Hall–Kier alpha value is -2.28. The molecule has 0 unspecified atom stereocenters.